The molecule has 0 spiro atoms. The lowest BCUT2D eigenvalue weighted by molar-refractivity contribution is 0.248. The van der Waals surface area contributed by atoms with E-state index in [1.807, 2.05) is 0 Å². The van der Waals surface area contributed by atoms with Gasteiger partial charge in [0.25, 0.3) is 0 Å². The van der Waals surface area contributed by atoms with Gasteiger partial charge in [-0.25, -0.2) is 0 Å². The van der Waals surface area contributed by atoms with Crippen LogP contribution in [0.3, 0.4) is 0 Å². The fourth-order valence-corrected chi connectivity index (χ4v) is 3.75. The third kappa shape index (κ3) is 6.06. The van der Waals surface area contributed by atoms with Crippen LogP contribution in [0.25, 0.3) is 0 Å². The Kier molecular flexibility index (Phi) is 7.90. The lowest BCUT2D eigenvalue weighted by Gasteiger charge is -2.28. The number of aryl methyl sites for hydroxylation is 2. The van der Waals surface area contributed by atoms with E-state index in [2.05, 4.69) is 36.2 Å². The minimum absolute atomic E-state index is 0.930. The van der Waals surface area contributed by atoms with Crippen molar-refractivity contribution in [3.63, 3.8) is 0 Å². The van der Waals surface area contributed by atoms with Gasteiger partial charge in [0.15, 0.2) is 0 Å². The van der Waals surface area contributed by atoms with Gasteiger partial charge in [-0.3, -0.25) is 0 Å². The zero-order valence-corrected chi connectivity index (χ0v) is 14.7. The van der Waals surface area contributed by atoms with Crippen LogP contribution in [0.1, 0.15) is 89.4 Å². The molecule has 0 N–H and O–H groups in total. The van der Waals surface area contributed by atoms with E-state index in [1.54, 1.807) is 0 Å². The van der Waals surface area contributed by atoms with Crippen molar-refractivity contribution >= 4 is 0 Å². The Morgan fingerprint density at radius 3 is 1.91 bits per heavy atom. The van der Waals surface area contributed by atoms with E-state index in [9.17, 15) is 0 Å². The quantitative estimate of drug-likeness (QED) is 0.543. The van der Waals surface area contributed by atoms with Crippen LogP contribution in [0.5, 0.6) is 0 Å². The number of rotatable bonds is 9. The van der Waals surface area contributed by atoms with Gasteiger partial charge < -0.3 is 0 Å². The summed E-state index contributed by atoms with van der Waals surface area (Å²) in [6.07, 6.45) is 16.1. The van der Waals surface area contributed by atoms with Gasteiger partial charge in [-0.1, -0.05) is 71.6 Å². The van der Waals surface area contributed by atoms with Gasteiger partial charge >= 0.3 is 0 Å². The second-order valence-electron chi connectivity index (χ2n) is 7.19. The molecule has 0 amide bonds. The van der Waals surface area contributed by atoms with Crippen LogP contribution in [0.4, 0.5) is 0 Å². The molecule has 0 radical (unpaired) electrons. The van der Waals surface area contributed by atoms with E-state index >= 15 is 0 Å². The summed E-state index contributed by atoms with van der Waals surface area (Å²) in [7, 11) is 0. The summed E-state index contributed by atoms with van der Waals surface area (Å²) in [6, 6.07) is 4.35. The maximum absolute atomic E-state index is 4.40. The molecule has 0 atom stereocenters. The van der Waals surface area contributed by atoms with Crippen LogP contribution < -0.4 is 0 Å². The van der Waals surface area contributed by atoms with Crippen molar-refractivity contribution < 1.29 is 0 Å². The number of hydrogen-bond acceptors (Lipinski definition) is 2. The summed E-state index contributed by atoms with van der Waals surface area (Å²) in [5.41, 5.74) is 2.32. The first-order chi connectivity index (χ1) is 10.8. The highest BCUT2D eigenvalue weighted by Crippen LogP contribution is 2.34. The van der Waals surface area contributed by atoms with Gasteiger partial charge in [-0.2, -0.15) is 10.2 Å². The summed E-state index contributed by atoms with van der Waals surface area (Å²) >= 11 is 0. The number of unbranched alkanes of at least 4 members (excludes halogenated alkanes) is 2. The predicted molar refractivity (Wildman–Crippen MR) is 93.9 cm³/mol. The third-order valence-corrected chi connectivity index (χ3v) is 5.27. The zero-order chi connectivity index (χ0) is 15.6. The fourth-order valence-electron chi connectivity index (χ4n) is 3.75. The minimum atomic E-state index is 0.930. The minimum Gasteiger partial charge on any atom is -0.155 e. The van der Waals surface area contributed by atoms with Crippen molar-refractivity contribution in [3.8, 4) is 0 Å². The third-order valence-electron chi connectivity index (χ3n) is 5.27. The Morgan fingerprint density at radius 1 is 0.773 bits per heavy atom. The Hall–Kier alpha value is -0.920. The summed E-state index contributed by atoms with van der Waals surface area (Å²) in [5, 5.41) is 8.73. The van der Waals surface area contributed by atoms with Crippen molar-refractivity contribution in [2.75, 3.05) is 0 Å². The average molecular weight is 303 g/mol. The Labute approximate surface area is 137 Å². The molecule has 1 fully saturated rings. The molecule has 0 saturated heterocycles. The van der Waals surface area contributed by atoms with Crippen LogP contribution in [0.15, 0.2) is 12.1 Å². The van der Waals surface area contributed by atoms with E-state index in [1.165, 1.54) is 63.5 Å². The monoisotopic (exact) mass is 302 g/mol. The molecule has 1 aromatic rings. The van der Waals surface area contributed by atoms with E-state index in [0.717, 1.165) is 36.8 Å². The molecular formula is C20H34N2. The van der Waals surface area contributed by atoms with E-state index in [-0.39, 0.29) is 0 Å². The van der Waals surface area contributed by atoms with Crippen molar-refractivity contribution in [3.05, 3.63) is 23.5 Å². The van der Waals surface area contributed by atoms with Crippen LogP contribution in [-0.2, 0) is 12.8 Å². The molecule has 2 nitrogen and oxygen atoms in total. The molecule has 2 heteroatoms. The average Bonchev–Trinajstić information content (AvgIpc) is 2.56. The molecule has 1 saturated carbocycles. The second kappa shape index (κ2) is 9.97. The van der Waals surface area contributed by atoms with Gasteiger partial charge in [0.1, 0.15) is 0 Å². The van der Waals surface area contributed by atoms with Gasteiger partial charge in [0.05, 0.1) is 11.4 Å². The Morgan fingerprint density at radius 2 is 1.36 bits per heavy atom. The Balaban J connectivity index is 1.64. The maximum Gasteiger partial charge on any atom is 0.0631 e. The largest absolute Gasteiger partial charge is 0.155 e. The van der Waals surface area contributed by atoms with E-state index < -0.39 is 0 Å². The maximum atomic E-state index is 4.40. The van der Waals surface area contributed by atoms with Crippen LogP contribution in [-0.4, -0.2) is 10.2 Å². The smallest absolute Gasteiger partial charge is 0.0631 e. The normalized spacial score (nSPS) is 21.9. The summed E-state index contributed by atoms with van der Waals surface area (Å²) in [6.45, 7) is 4.49. The summed E-state index contributed by atoms with van der Waals surface area (Å²) in [5.74, 6) is 1.95. The Bertz CT molecular complexity index is 391. The molecule has 1 aliphatic carbocycles. The molecule has 1 aromatic heterocycles. The van der Waals surface area contributed by atoms with Gasteiger partial charge in [0.2, 0.25) is 0 Å². The fraction of sp³-hybridized carbons (Fsp3) is 0.800. The van der Waals surface area contributed by atoms with Crippen molar-refractivity contribution in [1.29, 1.82) is 0 Å². The summed E-state index contributed by atoms with van der Waals surface area (Å²) < 4.78 is 0. The molecular weight excluding hydrogens is 268 g/mol. The molecule has 1 heterocycles. The number of hydrogen-bond donors (Lipinski definition) is 0. The first kappa shape index (κ1) is 17.4. The highest BCUT2D eigenvalue weighted by molar-refractivity contribution is 5.07. The second-order valence-corrected chi connectivity index (χ2v) is 7.19. The molecule has 0 unspecified atom stereocenters. The molecule has 0 bridgehead atoms. The zero-order valence-electron chi connectivity index (χ0n) is 14.7. The van der Waals surface area contributed by atoms with Crippen LogP contribution in [0, 0.1) is 11.8 Å². The molecule has 2 rings (SSSR count). The number of nitrogens with zero attached hydrogens (tertiary/aromatic N) is 2. The van der Waals surface area contributed by atoms with Crippen LogP contribution >= 0.6 is 0 Å². The predicted octanol–water partition coefficient (Wildman–Crippen LogP) is 5.75. The molecule has 0 aliphatic heterocycles. The number of aromatic nitrogens is 2. The topological polar surface area (TPSA) is 25.8 Å². The SMILES string of the molecule is CCCCCC1CCC(CCc2ccc(CCC)nn2)CC1. The molecule has 1 aliphatic rings. The molecule has 124 valence electrons. The van der Waals surface area contributed by atoms with E-state index in [0.29, 0.717) is 0 Å². The molecule has 22 heavy (non-hydrogen) atoms. The first-order valence-corrected chi connectivity index (χ1v) is 9.63. The van der Waals surface area contributed by atoms with Crippen LogP contribution in [0.2, 0.25) is 0 Å². The molecule has 0 aromatic carbocycles. The van der Waals surface area contributed by atoms with Gasteiger partial charge in [0, 0.05) is 0 Å². The van der Waals surface area contributed by atoms with E-state index in [4.69, 9.17) is 0 Å². The van der Waals surface area contributed by atoms with Crippen molar-refractivity contribution in [1.82, 2.24) is 10.2 Å². The summed E-state index contributed by atoms with van der Waals surface area (Å²) in [4.78, 5) is 0. The van der Waals surface area contributed by atoms with Crippen molar-refractivity contribution in [2.24, 2.45) is 11.8 Å². The highest BCUT2D eigenvalue weighted by Gasteiger charge is 2.20. The first-order valence-electron chi connectivity index (χ1n) is 9.63. The van der Waals surface area contributed by atoms with Crippen molar-refractivity contribution in [2.45, 2.75) is 90.9 Å². The van der Waals surface area contributed by atoms with Gasteiger partial charge in [-0.15, -0.1) is 0 Å². The standard InChI is InChI=1S/C20H34N2/c1-3-5-6-8-17-9-11-18(12-10-17)13-14-20-16-15-19(7-4-2)21-22-20/h15-18H,3-14H2,1-2H3. The lowest BCUT2D eigenvalue weighted by atomic mass is 9.78. The highest BCUT2D eigenvalue weighted by atomic mass is 15.1. The van der Waals surface area contributed by atoms with Gasteiger partial charge in [-0.05, 0) is 43.2 Å². The lowest BCUT2D eigenvalue weighted by Crippen LogP contribution is -2.15.